The number of halogens is 1. The molecular formula is C11H11ClN4O4. The first-order chi connectivity index (χ1) is 9.40. The molecule has 106 valence electrons. The first-order valence-corrected chi connectivity index (χ1v) is 6.13. The molecule has 1 aromatic heterocycles. The van der Waals surface area contributed by atoms with Crippen molar-refractivity contribution >= 4 is 29.1 Å². The number of carbonyl (C=O) groups excluding carboxylic acids is 2. The van der Waals surface area contributed by atoms with Gasteiger partial charge in [-0.2, -0.15) is 0 Å². The molecule has 2 rings (SSSR count). The predicted molar refractivity (Wildman–Crippen MR) is 69.4 cm³/mol. The fourth-order valence-corrected chi connectivity index (χ4v) is 2.10. The van der Waals surface area contributed by atoms with Crippen molar-refractivity contribution in [2.75, 3.05) is 13.6 Å². The van der Waals surface area contributed by atoms with E-state index in [2.05, 4.69) is 10.3 Å². The molecule has 1 fully saturated rings. The highest BCUT2D eigenvalue weighted by Crippen LogP contribution is 2.21. The first-order valence-electron chi connectivity index (χ1n) is 5.76. The molecule has 1 N–H and O–H groups in total. The van der Waals surface area contributed by atoms with Crippen LogP contribution in [0.4, 0.5) is 5.69 Å². The van der Waals surface area contributed by atoms with E-state index in [-0.39, 0.29) is 16.6 Å². The molecule has 2 heterocycles. The minimum absolute atomic E-state index is 0.0318. The number of likely N-dealkylation sites (N-methyl/N-ethyl adjacent to an activating group) is 1. The summed E-state index contributed by atoms with van der Waals surface area (Å²) >= 11 is 5.65. The quantitative estimate of drug-likeness (QED) is 0.500. The topological polar surface area (TPSA) is 105 Å². The number of rotatable bonds is 3. The predicted octanol–water partition coefficient (Wildman–Crippen LogP) is 0.604. The zero-order chi connectivity index (χ0) is 14.9. The maximum atomic E-state index is 12.1. The van der Waals surface area contributed by atoms with Crippen LogP contribution in [0.15, 0.2) is 12.3 Å². The van der Waals surface area contributed by atoms with Crippen LogP contribution in [0.5, 0.6) is 0 Å². The molecule has 0 bridgehead atoms. The molecule has 1 aromatic rings. The largest absolute Gasteiger partial charge is 0.344 e. The number of nitrogens with one attached hydrogen (secondary N) is 1. The Balaban J connectivity index is 2.23. The Labute approximate surface area is 118 Å². The van der Waals surface area contributed by atoms with E-state index in [4.69, 9.17) is 11.6 Å². The molecule has 0 aliphatic carbocycles. The second-order valence-corrected chi connectivity index (χ2v) is 4.74. The van der Waals surface area contributed by atoms with Crippen LogP contribution in [0.2, 0.25) is 5.15 Å². The van der Waals surface area contributed by atoms with Crippen LogP contribution in [-0.2, 0) is 4.79 Å². The molecule has 2 amide bonds. The van der Waals surface area contributed by atoms with Crippen LogP contribution in [0, 0.1) is 10.1 Å². The number of hydrogen-bond donors (Lipinski definition) is 1. The summed E-state index contributed by atoms with van der Waals surface area (Å²) in [6.45, 7) is 0.531. The fourth-order valence-electron chi connectivity index (χ4n) is 1.94. The van der Waals surface area contributed by atoms with Crippen molar-refractivity contribution in [1.82, 2.24) is 15.2 Å². The standard InChI is InChI=1S/C11H11ClN4O4/c1-15-3-2-7(11(15)18)14-10(17)6-4-9(12)13-5-8(6)16(19)20/h4-5,7H,2-3H2,1H3,(H,14,17). The fraction of sp³-hybridized carbons (Fsp3) is 0.364. The van der Waals surface area contributed by atoms with Gasteiger partial charge in [0, 0.05) is 13.6 Å². The van der Waals surface area contributed by atoms with Crippen molar-refractivity contribution in [2.45, 2.75) is 12.5 Å². The second-order valence-electron chi connectivity index (χ2n) is 4.36. The molecule has 0 radical (unpaired) electrons. The van der Waals surface area contributed by atoms with E-state index in [0.29, 0.717) is 13.0 Å². The van der Waals surface area contributed by atoms with Crippen LogP contribution >= 0.6 is 11.6 Å². The monoisotopic (exact) mass is 298 g/mol. The van der Waals surface area contributed by atoms with Crippen LogP contribution in [-0.4, -0.2) is 46.3 Å². The van der Waals surface area contributed by atoms with Crippen molar-refractivity contribution in [3.8, 4) is 0 Å². The third kappa shape index (κ3) is 2.69. The Kier molecular flexibility index (Phi) is 3.84. The Hall–Kier alpha value is -2.22. The summed E-state index contributed by atoms with van der Waals surface area (Å²) in [5, 5.41) is 13.3. The number of likely N-dealkylation sites (tertiary alicyclic amines) is 1. The zero-order valence-electron chi connectivity index (χ0n) is 10.5. The molecule has 0 spiro atoms. The van der Waals surface area contributed by atoms with E-state index in [9.17, 15) is 19.7 Å². The van der Waals surface area contributed by atoms with Gasteiger partial charge < -0.3 is 10.2 Å². The Bertz CT molecular complexity index is 592. The van der Waals surface area contributed by atoms with Gasteiger partial charge in [-0.05, 0) is 12.5 Å². The van der Waals surface area contributed by atoms with Crippen molar-refractivity contribution in [3.63, 3.8) is 0 Å². The van der Waals surface area contributed by atoms with Crippen LogP contribution in [0.1, 0.15) is 16.8 Å². The second kappa shape index (κ2) is 5.41. The van der Waals surface area contributed by atoms with Crippen molar-refractivity contribution in [2.24, 2.45) is 0 Å². The molecule has 8 nitrogen and oxygen atoms in total. The SMILES string of the molecule is CN1CCC(NC(=O)c2cc(Cl)ncc2[N+](=O)[O-])C1=O. The Morgan fingerprint density at radius 2 is 2.35 bits per heavy atom. The molecule has 1 aliphatic heterocycles. The van der Waals surface area contributed by atoms with Gasteiger partial charge in [0.1, 0.15) is 23.0 Å². The number of carbonyl (C=O) groups is 2. The van der Waals surface area contributed by atoms with E-state index in [1.165, 1.54) is 4.90 Å². The lowest BCUT2D eigenvalue weighted by Crippen LogP contribution is -2.40. The van der Waals surface area contributed by atoms with E-state index >= 15 is 0 Å². The summed E-state index contributed by atoms with van der Waals surface area (Å²) in [5.74, 6) is -0.934. The molecule has 1 saturated heterocycles. The number of nitrogens with zero attached hydrogens (tertiary/aromatic N) is 3. The van der Waals surface area contributed by atoms with E-state index < -0.39 is 22.6 Å². The molecule has 9 heteroatoms. The number of aromatic nitrogens is 1. The molecule has 1 atom stereocenters. The zero-order valence-corrected chi connectivity index (χ0v) is 11.3. The van der Waals surface area contributed by atoms with E-state index in [0.717, 1.165) is 12.3 Å². The van der Waals surface area contributed by atoms with Gasteiger partial charge in [-0.15, -0.1) is 0 Å². The van der Waals surface area contributed by atoms with Gasteiger partial charge in [0.25, 0.3) is 11.6 Å². The van der Waals surface area contributed by atoms with Gasteiger partial charge >= 0.3 is 0 Å². The summed E-state index contributed by atoms with van der Waals surface area (Å²) < 4.78 is 0. The normalized spacial score (nSPS) is 18.2. The highest BCUT2D eigenvalue weighted by atomic mass is 35.5. The summed E-state index contributed by atoms with van der Waals surface area (Å²) in [7, 11) is 1.63. The van der Waals surface area contributed by atoms with Crippen molar-refractivity contribution in [3.05, 3.63) is 33.1 Å². The van der Waals surface area contributed by atoms with Gasteiger partial charge in [0.05, 0.1) is 4.92 Å². The highest BCUT2D eigenvalue weighted by Gasteiger charge is 2.32. The number of amides is 2. The van der Waals surface area contributed by atoms with Crippen molar-refractivity contribution in [1.29, 1.82) is 0 Å². The maximum absolute atomic E-state index is 12.1. The number of hydrogen-bond acceptors (Lipinski definition) is 5. The third-order valence-electron chi connectivity index (χ3n) is 3.02. The lowest BCUT2D eigenvalue weighted by Gasteiger charge is -2.12. The summed E-state index contributed by atoms with van der Waals surface area (Å²) in [4.78, 5) is 38.9. The smallest absolute Gasteiger partial charge is 0.300 e. The minimum Gasteiger partial charge on any atom is -0.344 e. The van der Waals surface area contributed by atoms with Gasteiger partial charge in [-0.25, -0.2) is 4.98 Å². The first kappa shape index (κ1) is 14.2. The molecule has 1 unspecified atom stereocenters. The van der Waals surface area contributed by atoms with Crippen LogP contribution in [0.3, 0.4) is 0 Å². The van der Waals surface area contributed by atoms with Crippen LogP contribution in [0.25, 0.3) is 0 Å². The van der Waals surface area contributed by atoms with Crippen LogP contribution < -0.4 is 5.32 Å². The highest BCUT2D eigenvalue weighted by molar-refractivity contribution is 6.29. The number of pyridine rings is 1. The van der Waals surface area contributed by atoms with Gasteiger partial charge in [-0.1, -0.05) is 11.6 Å². The minimum atomic E-state index is -0.721. The van der Waals surface area contributed by atoms with Crippen molar-refractivity contribution < 1.29 is 14.5 Å². The summed E-state index contributed by atoms with van der Waals surface area (Å²) in [6.07, 6.45) is 1.38. The van der Waals surface area contributed by atoms with E-state index in [1.807, 2.05) is 0 Å². The summed E-state index contributed by atoms with van der Waals surface area (Å²) in [6, 6.07) is 0.442. The Morgan fingerprint density at radius 1 is 1.65 bits per heavy atom. The third-order valence-corrected chi connectivity index (χ3v) is 3.23. The van der Waals surface area contributed by atoms with E-state index in [1.54, 1.807) is 7.05 Å². The number of nitro groups is 1. The Morgan fingerprint density at radius 3 is 2.90 bits per heavy atom. The van der Waals surface area contributed by atoms with Gasteiger partial charge in [-0.3, -0.25) is 19.7 Å². The maximum Gasteiger partial charge on any atom is 0.300 e. The molecule has 1 aliphatic rings. The lowest BCUT2D eigenvalue weighted by molar-refractivity contribution is -0.385. The molecule has 0 saturated carbocycles. The molecule has 20 heavy (non-hydrogen) atoms. The lowest BCUT2D eigenvalue weighted by atomic mass is 10.2. The summed E-state index contributed by atoms with van der Waals surface area (Å²) in [5.41, 5.74) is -0.664. The average Bonchev–Trinajstić information content (AvgIpc) is 2.70. The molecular weight excluding hydrogens is 288 g/mol. The van der Waals surface area contributed by atoms with Gasteiger partial charge in [0.2, 0.25) is 5.91 Å². The van der Waals surface area contributed by atoms with Gasteiger partial charge in [0.15, 0.2) is 0 Å². The average molecular weight is 299 g/mol. The molecule has 0 aromatic carbocycles.